The number of ether oxygens (including phenoxy) is 3. The van der Waals surface area contributed by atoms with Crippen LogP contribution in [0.1, 0.15) is 24.8 Å². The van der Waals surface area contributed by atoms with E-state index in [1.807, 2.05) is 18.2 Å². The molecular formula is C17H27N3O4. The highest BCUT2D eigenvalue weighted by Gasteiger charge is 2.05. The number of methoxy groups -OCH3 is 3. The summed E-state index contributed by atoms with van der Waals surface area (Å²) in [6.07, 6.45) is 2.09. The van der Waals surface area contributed by atoms with Gasteiger partial charge in [0.15, 0.2) is 17.5 Å². The van der Waals surface area contributed by atoms with Gasteiger partial charge in [-0.05, 0) is 30.5 Å². The topological polar surface area (TPSA) is 81.2 Å². The van der Waals surface area contributed by atoms with E-state index >= 15 is 0 Å². The van der Waals surface area contributed by atoms with Crippen LogP contribution in [0.2, 0.25) is 0 Å². The predicted molar refractivity (Wildman–Crippen MR) is 93.6 cm³/mol. The Kier molecular flexibility index (Phi) is 9.11. The Morgan fingerprint density at radius 3 is 2.46 bits per heavy atom. The molecule has 7 heteroatoms. The highest BCUT2D eigenvalue weighted by molar-refractivity contribution is 5.79. The second-order valence-corrected chi connectivity index (χ2v) is 5.08. The SMILES string of the molecule is CN=C(NCCCCC(=O)OC)NCc1ccc(OC)c(OC)c1. The molecule has 0 fully saturated rings. The number of rotatable bonds is 9. The average molecular weight is 337 g/mol. The maximum atomic E-state index is 11.0. The van der Waals surface area contributed by atoms with Crippen LogP contribution >= 0.6 is 0 Å². The molecule has 0 atom stereocenters. The van der Waals surface area contributed by atoms with Gasteiger partial charge in [0, 0.05) is 26.6 Å². The van der Waals surface area contributed by atoms with E-state index in [0.717, 1.165) is 24.9 Å². The molecule has 0 aliphatic carbocycles. The van der Waals surface area contributed by atoms with E-state index in [2.05, 4.69) is 20.4 Å². The van der Waals surface area contributed by atoms with E-state index in [9.17, 15) is 4.79 Å². The second-order valence-electron chi connectivity index (χ2n) is 5.08. The van der Waals surface area contributed by atoms with E-state index in [1.54, 1.807) is 21.3 Å². The van der Waals surface area contributed by atoms with Gasteiger partial charge in [-0.15, -0.1) is 0 Å². The van der Waals surface area contributed by atoms with E-state index < -0.39 is 0 Å². The number of benzene rings is 1. The molecular weight excluding hydrogens is 310 g/mol. The lowest BCUT2D eigenvalue weighted by molar-refractivity contribution is -0.140. The van der Waals surface area contributed by atoms with Gasteiger partial charge in [-0.3, -0.25) is 9.79 Å². The van der Waals surface area contributed by atoms with Crippen LogP contribution in [0, 0.1) is 0 Å². The van der Waals surface area contributed by atoms with Gasteiger partial charge in [0.05, 0.1) is 21.3 Å². The lowest BCUT2D eigenvalue weighted by Gasteiger charge is -2.13. The van der Waals surface area contributed by atoms with Crippen molar-refractivity contribution in [1.29, 1.82) is 0 Å². The van der Waals surface area contributed by atoms with Crippen molar-refractivity contribution in [2.45, 2.75) is 25.8 Å². The van der Waals surface area contributed by atoms with Crippen LogP contribution in [-0.4, -0.2) is 46.9 Å². The van der Waals surface area contributed by atoms with Crippen molar-refractivity contribution >= 4 is 11.9 Å². The standard InChI is InChI=1S/C17H27N3O4/c1-18-17(19-10-6-5-7-16(21)24-4)20-12-13-8-9-14(22-2)15(11-13)23-3/h8-9,11H,5-7,10,12H2,1-4H3,(H2,18,19,20). The number of unbranched alkanes of at least 4 members (excludes halogenated alkanes) is 1. The Morgan fingerprint density at radius 1 is 1.08 bits per heavy atom. The zero-order valence-corrected chi connectivity index (χ0v) is 14.8. The highest BCUT2D eigenvalue weighted by atomic mass is 16.5. The van der Waals surface area contributed by atoms with Crippen molar-refractivity contribution in [2.75, 3.05) is 34.9 Å². The number of carbonyl (C=O) groups excluding carboxylic acids is 1. The van der Waals surface area contributed by atoms with E-state index in [0.29, 0.717) is 30.4 Å². The van der Waals surface area contributed by atoms with Gasteiger partial charge in [-0.1, -0.05) is 6.07 Å². The molecule has 0 aliphatic heterocycles. The third-order valence-electron chi connectivity index (χ3n) is 3.46. The number of carbonyl (C=O) groups is 1. The Balaban J connectivity index is 2.37. The molecule has 134 valence electrons. The third kappa shape index (κ3) is 6.76. The van der Waals surface area contributed by atoms with Crippen LogP contribution in [0.15, 0.2) is 23.2 Å². The summed E-state index contributed by atoms with van der Waals surface area (Å²) in [6.45, 7) is 1.35. The first-order chi connectivity index (χ1) is 11.6. The molecule has 0 radical (unpaired) electrons. The van der Waals surface area contributed by atoms with Crippen molar-refractivity contribution in [3.05, 3.63) is 23.8 Å². The van der Waals surface area contributed by atoms with Crippen molar-refractivity contribution in [2.24, 2.45) is 4.99 Å². The van der Waals surface area contributed by atoms with Crippen LogP contribution in [0.25, 0.3) is 0 Å². The van der Waals surface area contributed by atoms with E-state index in [4.69, 9.17) is 9.47 Å². The van der Waals surface area contributed by atoms with Gasteiger partial charge in [-0.25, -0.2) is 0 Å². The van der Waals surface area contributed by atoms with Gasteiger partial charge in [0.1, 0.15) is 0 Å². The predicted octanol–water partition coefficient (Wildman–Crippen LogP) is 1.71. The Bertz CT molecular complexity index is 547. The zero-order valence-electron chi connectivity index (χ0n) is 14.8. The van der Waals surface area contributed by atoms with Crippen LogP contribution in [0.3, 0.4) is 0 Å². The Labute approximate surface area is 143 Å². The minimum absolute atomic E-state index is 0.175. The molecule has 7 nitrogen and oxygen atoms in total. The van der Waals surface area contributed by atoms with Crippen molar-refractivity contribution < 1.29 is 19.0 Å². The van der Waals surface area contributed by atoms with Crippen molar-refractivity contribution in [3.63, 3.8) is 0 Å². The van der Waals surface area contributed by atoms with Crippen LogP contribution in [-0.2, 0) is 16.1 Å². The molecule has 0 heterocycles. The van der Waals surface area contributed by atoms with E-state index in [1.165, 1.54) is 7.11 Å². The highest BCUT2D eigenvalue weighted by Crippen LogP contribution is 2.27. The Morgan fingerprint density at radius 2 is 1.83 bits per heavy atom. The summed E-state index contributed by atoms with van der Waals surface area (Å²) in [4.78, 5) is 15.2. The fraction of sp³-hybridized carbons (Fsp3) is 0.529. The lowest BCUT2D eigenvalue weighted by atomic mass is 10.2. The summed E-state index contributed by atoms with van der Waals surface area (Å²) in [5, 5.41) is 6.45. The summed E-state index contributed by atoms with van der Waals surface area (Å²) < 4.78 is 15.1. The molecule has 1 rings (SSSR count). The zero-order chi connectivity index (χ0) is 17.8. The molecule has 0 aliphatic rings. The van der Waals surface area contributed by atoms with E-state index in [-0.39, 0.29) is 5.97 Å². The molecule has 24 heavy (non-hydrogen) atoms. The first-order valence-electron chi connectivity index (χ1n) is 7.86. The Hall–Kier alpha value is -2.44. The molecule has 0 unspecified atom stereocenters. The van der Waals surface area contributed by atoms with Gasteiger partial charge in [-0.2, -0.15) is 0 Å². The molecule has 0 amide bonds. The molecule has 0 saturated heterocycles. The average Bonchev–Trinajstić information content (AvgIpc) is 2.63. The molecule has 0 aromatic heterocycles. The fourth-order valence-corrected chi connectivity index (χ4v) is 2.10. The second kappa shape index (κ2) is 11.2. The summed E-state index contributed by atoms with van der Waals surface area (Å²) in [5.74, 6) is 1.94. The fourth-order valence-electron chi connectivity index (χ4n) is 2.10. The van der Waals surface area contributed by atoms with Crippen LogP contribution in [0.4, 0.5) is 0 Å². The number of nitrogens with zero attached hydrogens (tertiary/aromatic N) is 1. The molecule has 0 saturated carbocycles. The molecule has 0 bridgehead atoms. The minimum atomic E-state index is -0.175. The third-order valence-corrected chi connectivity index (χ3v) is 3.46. The van der Waals surface area contributed by atoms with Crippen LogP contribution in [0.5, 0.6) is 11.5 Å². The summed E-state index contributed by atoms with van der Waals surface area (Å²) in [7, 11) is 6.35. The van der Waals surface area contributed by atoms with Crippen LogP contribution < -0.4 is 20.1 Å². The molecule has 1 aromatic rings. The minimum Gasteiger partial charge on any atom is -0.493 e. The maximum Gasteiger partial charge on any atom is 0.305 e. The van der Waals surface area contributed by atoms with Crippen molar-refractivity contribution in [3.8, 4) is 11.5 Å². The normalized spacial score (nSPS) is 10.9. The van der Waals surface area contributed by atoms with Gasteiger partial charge in [0.2, 0.25) is 0 Å². The number of esters is 1. The summed E-state index contributed by atoms with van der Waals surface area (Å²) in [6, 6.07) is 5.77. The monoisotopic (exact) mass is 337 g/mol. The number of nitrogens with one attached hydrogen (secondary N) is 2. The first kappa shape index (κ1) is 19.6. The first-order valence-corrected chi connectivity index (χ1v) is 7.86. The summed E-state index contributed by atoms with van der Waals surface area (Å²) >= 11 is 0. The largest absolute Gasteiger partial charge is 0.493 e. The number of guanidine groups is 1. The molecule has 0 spiro atoms. The molecule has 2 N–H and O–H groups in total. The lowest BCUT2D eigenvalue weighted by Crippen LogP contribution is -2.37. The summed E-state index contributed by atoms with van der Waals surface area (Å²) in [5.41, 5.74) is 1.06. The number of hydrogen-bond donors (Lipinski definition) is 2. The maximum absolute atomic E-state index is 11.0. The van der Waals surface area contributed by atoms with Gasteiger partial charge < -0.3 is 24.8 Å². The van der Waals surface area contributed by atoms with Gasteiger partial charge >= 0.3 is 5.97 Å². The number of hydrogen-bond acceptors (Lipinski definition) is 5. The van der Waals surface area contributed by atoms with Crippen molar-refractivity contribution in [1.82, 2.24) is 10.6 Å². The quantitative estimate of drug-likeness (QED) is 0.309. The smallest absolute Gasteiger partial charge is 0.305 e. The number of aliphatic imine (C=N–C) groups is 1. The van der Waals surface area contributed by atoms with Gasteiger partial charge in [0.25, 0.3) is 0 Å². The molecule has 1 aromatic carbocycles.